The molecule has 1 fully saturated rings. The van der Waals surface area contributed by atoms with Gasteiger partial charge in [-0.05, 0) is 29.4 Å². The molecule has 0 nitrogen and oxygen atoms in total. The van der Waals surface area contributed by atoms with Crippen molar-refractivity contribution in [2.75, 3.05) is 0 Å². The van der Waals surface area contributed by atoms with Gasteiger partial charge < -0.3 is 0 Å². The fourth-order valence-electron chi connectivity index (χ4n) is 3.22. The van der Waals surface area contributed by atoms with Gasteiger partial charge in [0.1, 0.15) is 0 Å². The van der Waals surface area contributed by atoms with Crippen molar-refractivity contribution in [2.45, 2.75) is 18.3 Å². The van der Waals surface area contributed by atoms with E-state index < -0.39 is 0 Å². The summed E-state index contributed by atoms with van der Waals surface area (Å²) in [6.45, 7) is 0. The Morgan fingerprint density at radius 2 is 1.77 bits per heavy atom. The van der Waals surface area contributed by atoms with Gasteiger partial charge in [-0.15, -0.1) is 0 Å². The lowest BCUT2D eigenvalue weighted by Gasteiger charge is -2.32. The van der Waals surface area contributed by atoms with E-state index in [4.69, 9.17) is 1.37 Å². The van der Waals surface area contributed by atoms with Crippen LogP contribution in [0.1, 0.15) is 30.8 Å². The first-order chi connectivity index (χ1) is 6.86. The molecule has 4 aliphatic rings. The van der Waals surface area contributed by atoms with Crippen LogP contribution in [0, 0.1) is 11.8 Å². The highest BCUT2D eigenvalue weighted by molar-refractivity contribution is 5.48. The van der Waals surface area contributed by atoms with Crippen molar-refractivity contribution in [1.29, 1.82) is 0 Å². The molecule has 2 bridgehead atoms. The molecule has 0 saturated heterocycles. The fourth-order valence-corrected chi connectivity index (χ4v) is 3.22. The van der Waals surface area contributed by atoms with E-state index in [1.54, 1.807) is 0 Å². The van der Waals surface area contributed by atoms with E-state index in [0.29, 0.717) is 11.8 Å². The van der Waals surface area contributed by atoms with Crippen LogP contribution in [-0.2, 0) is 0 Å². The number of benzene rings is 1. The van der Waals surface area contributed by atoms with Gasteiger partial charge in [0.15, 0.2) is 0 Å². The van der Waals surface area contributed by atoms with Crippen molar-refractivity contribution in [3.05, 3.63) is 47.5 Å². The van der Waals surface area contributed by atoms with Gasteiger partial charge >= 0.3 is 0 Å². The van der Waals surface area contributed by atoms with Crippen LogP contribution in [0.25, 0.3) is 0 Å². The van der Waals surface area contributed by atoms with Gasteiger partial charge in [-0.3, -0.25) is 0 Å². The summed E-state index contributed by atoms with van der Waals surface area (Å²) in [6, 6.07) is 9.61. The number of rotatable bonds is 0. The number of allylic oxidation sites excluding steroid dienone is 2. The van der Waals surface area contributed by atoms with Crippen LogP contribution in [0.5, 0.6) is 0 Å². The summed E-state index contributed by atoms with van der Waals surface area (Å²) in [4.78, 5) is 0. The van der Waals surface area contributed by atoms with Gasteiger partial charge in [-0.1, -0.05) is 36.4 Å². The Labute approximate surface area is 79.7 Å². The van der Waals surface area contributed by atoms with Gasteiger partial charge in [-0.2, -0.15) is 0 Å². The van der Waals surface area contributed by atoms with Crippen LogP contribution in [0.15, 0.2) is 36.4 Å². The predicted molar refractivity (Wildman–Crippen MR) is 52.7 cm³/mol. The molecule has 64 valence electrons. The third-order valence-electron chi connectivity index (χ3n) is 3.93. The molecule has 13 heavy (non-hydrogen) atoms. The van der Waals surface area contributed by atoms with Crippen molar-refractivity contribution in [1.82, 2.24) is 0 Å². The molecule has 4 aliphatic carbocycles. The van der Waals surface area contributed by atoms with Crippen LogP contribution in [0.4, 0.5) is 0 Å². The summed E-state index contributed by atoms with van der Waals surface area (Å²) >= 11 is 0. The van der Waals surface area contributed by atoms with E-state index >= 15 is 0 Å². The zero-order valence-corrected chi connectivity index (χ0v) is 7.40. The molecule has 5 rings (SSSR count). The predicted octanol–water partition coefficient (Wildman–Crippen LogP) is 3.07. The number of hydrogen-bond donors (Lipinski definition) is 0. The first-order valence-electron chi connectivity index (χ1n) is 5.63. The largest absolute Gasteiger partial charge is 0.0801 e. The second kappa shape index (κ2) is 1.89. The Morgan fingerprint density at radius 3 is 2.62 bits per heavy atom. The molecule has 0 aromatic heterocycles. The van der Waals surface area contributed by atoms with E-state index in [-0.39, 0.29) is 0 Å². The first kappa shape index (κ1) is 5.64. The van der Waals surface area contributed by atoms with E-state index in [0.717, 1.165) is 17.9 Å². The summed E-state index contributed by atoms with van der Waals surface area (Å²) in [5.41, 5.74) is 2.95. The third kappa shape index (κ3) is 0.644. The Balaban J connectivity index is 2.02. The van der Waals surface area contributed by atoms with Crippen molar-refractivity contribution in [3.63, 3.8) is 0 Å². The molecular formula is C13H12. The second-order valence-electron chi connectivity index (χ2n) is 4.53. The summed E-state index contributed by atoms with van der Waals surface area (Å²) in [5.74, 6) is 2.71. The molecule has 4 atom stereocenters. The molecular weight excluding hydrogens is 156 g/mol. The first-order valence-corrected chi connectivity index (χ1v) is 5.13. The topological polar surface area (TPSA) is 0 Å². The zero-order valence-electron chi connectivity index (χ0n) is 8.40. The van der Waals surface area contributed by atoms with Crippen LogP contribution in [0.3, 0.4) is 0 Å². The van der Waals surface area contributed by atoms with Crippen LogP contribution >= 0.6 is 0 Å². The highest BCUT2D eigenvalue weighted by Crippen LogP contribution is 2.64. The SMILES string of the molecule is [2H]C1=CC2c3ccccc3C1C1CC21. The smallest absolute Gasteiger partial charge is 0.0579 e. The highest BCUT2D eigenvalue weighted by Gasteiger charge is 2.53. The average Bonchev–Trinajstić information content (AvgIpc) is 2.98. The fraction of sp³-hybridized carbons (Fsp3) is 0.385. The van der Waals surface area contributed by atoms with Crippen LogP contribution in [-0.4, -0.2) is 0 Å². The molecule has 0 spiro atoms. The Hall–Kier alpha value is -1.04. The lowest BCUT2D eigenvalue weighted by Crippen LogP contribution is -2.19. The van der Waals surface area contributed by atoms with Gasteiger partial charge in [0.25, 0.3) is 0 Å². The summed E-state index contributed by atoms with van der Waals surface area (Å²) < 4.78 is 8.01. The second-order valence-corrected chi connectivity index (χ2v) is 4.53. The molecule has 1 aromatic carbocycles. The van der Waals surface area contributed by atoms with Crippen molar-refractivity contribution >= 4 is 0 Å². The summed E-state index contributed by atoms with van der Waals surface area (Å²) in [7, 11) is 0. The molecule has 0 radical (unpaired) electrons. The minimum Gasteiger partial charge on any atom is -0.0801 e. The van der Waals surface area contributed by atoms with Gasteiger partial charge in [0, 0.05) is 11.8 Å². The normalized spacial score (nSPS) is 44.6. The zero-order chi connectivity index (χ0) is 9.28. The minimum absolute atomic E-state index is 0.446. The summed E-state index contributed by atoms with van der Waals surface area (Å²) in [5, 5.41) is 0. The molecule has 0 heteroatoms. The van der Waals surface area contributed by atoms with Gasteiger partial charge in [-0.25, -0.2) is 0 Å². The Morgan fingerprint density at radius 1 is 1.08 bits per heavy atom. The molecule has 1 aromatic rings. The average molecular weight is 169 g/mol. The Bertz CT molecular complexity index is 446. The van der Waals surface area contributed by atoms with Gasteiger partial charge in [0.05, 0.1) is 1.37 Å². The Kier molecular flexibility index (Phi) is 0.822. The van der Waals surface area contributed by atoms with Crippen LogP contribution < -0.4 is 0 Å². The van der Waals surface area contributed by atoms with Crippen molar-refractivity contribution in [3.8, 4) is 0 Å². The third-order valence-corrected chi connectivity index (χ3v) is 3.93. The quantitative estimate of drug-likeness (QED) is 0.523. The maximum Gasteiger partial charge on any atom is 0.0579 e. The maximum absolute atomic E-state index is 8.01. The van der Waals surface area contributed by atoms with E-state index in [1.165, 1.54) is 17.5 Å². The molecule has 0 heterocycles. The van der Waals surface area contributed by atoms with Crippen molar-refractivity contribution in [2.24, 2.45) is 11.8 Å². The standard InChI is InChI=1S/C13H12/c1-2-4-9-8(3-1)10-5-6-11(9)13-7-12(10)13/h1-6,10-13H,7H2/i5D. The van der Waals surface area contributed by atoms with Crippen LogP contribution in [0.2, 0.25) is 0 Å². The molecule has 4 unspecified atom stereocenters. The molecule has 1 saturated carbocycles. The lowest BCUT2D eigenvalue weighted by atomic mass is 9.72. The molecule has 0 aliphatic heterocycles. The monoisotopic (exact) mass is 169 g/mol. The molecule has 0 N–H and O–H groups in total. The van der Waals surface area contributed by atoms with E-state index in [1.807, 2.05) is 0 Å². The highest BCUT2D eigenvalue weighted by atomic mass is 14.6. The minimum atomic E-state index is 0.446. The lowest BCUT2D eigenvalue weighted by molar-refractivity contribution is 0.523. The molecule has 0 amide bonds. The van der Waals surface area contributed by atoms with Crippen molar-refractivity contribution < 1.29 is 1.37 Å². The van der Waals surface area contributed by atoms with Gasteiger partial charge in [0.2, 0.25) is 0 Å². The van der Waals surface area contributed by atoms with E-state index in [2.05, 4.69) is 30.3 Å². The summed E-state index contributed by atoms with van der Waals surface area (Å²) in [6.07, 6.45) is 3.55. The van der Waals surface area contributed by atoms with E-state index in [9.17, 15) is 0 Å². The number of hydrogen-bond acceptors (Lipinski definition) is 0. The maximum atomic E-state index is 8.01.